The summed E-state index contributed by atoms with van der Waals surface area (Å²) in [4.78, 5) is 10.3. The lowest BCUT2D eigenvalue weighted by Gasteiger charge is -2.19. The van der Waals surface area contributed by atoms with Gasteiger partial charge in [0.15, 0.2) is 17.6 Å². The van der Waals surface area contributed by atoms with E-state index in [0.717, 1.165) is 19.5 Å². The molecule has 1 atom stereocenters. The molecule has 1 unspecified atom stereocenters. The summed E-state index contributed by atoms with van der Waals surface area (Å²) in [6, 6.07) is 3.20. The molecule has 1 aromatic rings. The molecule has 0 aromatic carbocycles. The molecule has 21 heavy (non-hydrogen) atoms. The highest BCUT2D eigenvalue weighted by Gasteiger charge is 2.25. The number of nitrogens with one attached hydrogen (secondary N) is 2. The van der Waals surface area contributed by atoms with Crippen LogP contribution in [-0.2, 0) is 0 Å². The number of aliphatic imine (C=N–C) groups is 1. The Morgan fingerprint density at radius 2 is 2.48 bits per heavy atom. The van der Waals surface area contributed by atoms with E-state index in [1.54, 1.807) is 12.3 Å². The summed E-state index contributed by atoms with van der Waals surface area (Å²) in [5.74, 6) is 0.790. The number of aromatic nitrogens is 1. The van der Waals surface area contributed by atoms with Crippen molar-refractivity contribution in [2.24, 2.45) is 4.99 Å². The van der Waals surface area contributed by atoms with E-state index in [9.17, 15) is 4.39 Å². The minimum atomic E-state index is -0.293. The fraction of sp³-hybridized carbons (Fsp3) is 0.571. The van der Waals surface area contributed by atoms with Crippen LogP contribution in [-0.4, -0.2) is 54.9 Å². The Balaban J connectivity index is 1.94. The second-order valence-corrected chi connectivity index (χ2v) is 4.87. The van der Waals surface area contributed by atoms with Gasteiger partial charge >= 0.3 is 0 Å². The molecule has 0 saturated carbocycles. The van der Waals surface area contributed by atoms with Gasteiger partial charge in [0.25, 0.3) is 0 Å². The molecular formula is C14H22FN5O. The smallest absolute Gasteiger partial charge is 0.191 e. The van der Waals surface area contributed by atoms with Crippen LogP contribution in [0, 0.1) is 5.82 Å². The second kappa shape index (κ2) is 7.78. The molecule has 0 bridgehead atoms. The molecule has 1 fully saturated rings. The molecule has 6 nitrogen and oxygen atoms in total. The van der Waals surface area contributed by atoms with Crippen molar-refractivity contribution < 1.29 is 9.50 Å². The minimum Gasteiger partial charge on any atom is -0.394 e. The number of aliphatic hydroxyl groups is 1. The Morgan fingerprint density at radius 1 is 1.62 bits per heavy atom. The van der Waals surface area contributed by atoms with Crippen LogP contribution >= 0.6 is 0 Å². The highest BCUT2D eigenvalue weighted by atomic mass is 19.1. The summed E-state index contributed by atoms with van der Waals surface area (Å²) in [6.45, 7) is 4.55. The van der Waals surface area contributed by atoms with Crippen LogP contribution in [0.15, 0.2) is 23.3 Å². The first kappa shape index (κ1) is 15.5. The molecule has 7 heteroatoms. The summed E-state index contributed by atoms with van der Waals surface area (Å²) in [5.41, 5.74) is 0. The molecule has 1 aliphatic heterocycles. The number of aliphatic hydroxyl groups excluding tert-OH is 1. The summed E-state index contributed by atoms with van der Waals surface area (Å²) < 4.78 is 13.7. The van der Waals surface area contributed by atoms with Crippen molar-refractivity contribution in [2.75, 3.05) is 37.7 Å². The predicted octanol–water partition coefficient (Wildman–Crippen LogP) is 0.347. The summed E-state index contributed by atoms with van der Waals surface area (Å²) in [7, 11) is 0. The van der Waals surface area contributed by atoms with Crippen molar-refractivity contribution in [1.82, 2.24) is 15.6 Å². The van der Waals surface area contributed by atoms with Crippen LogP contribution in [0.2, 0.25) is 0 Å². The monoisotopic (exact) mass is 295 g/mol. The number of halogens is 1. The minimum absolute atomic E-state index is 0.0203. The lowest BCUT2D eigenvalue weighted by atomic mass is 10.3. The first-order valence-corrected chi connectivity index (χ1v) is 7.25. The van der Waals surface area contributed by atoms with E-state index in [1.807, 2.05) is 11.8 Å². The Kier molecular flexibility index (Phi) is 5.74. The molecular weight excluding hydrogens is 273 g/mol. The normalized spacial score (nSPS) is 18.9. The first-order valence-electron chi connectivity index (χ1n) is 7.25. The molecule has 2 heterocycles. The quantitative estimate of drug-likeness (QED) is 0.540. The third-order valence-corrected chi connectivity index (χ3v) is 3.28. The number of guanidine groups is 1. The molecule has 0 radical (unpaired) electrons. The summed E-state index contributed by atoms with van der Waals surface area (Å²) in [5, 5.41) is 15.3. The van der Waals surface area contributed by atoms with Crippen molar-refractivity contribution in [3.05, 3.63) is 24.1 Å². The number of rotatable bonds is 5. The van der Waals surface area contributed by atoms with Gasteiger partial charge in [0.2, 0.25) is 0 Å². The van der Waals surface area contributed by atoms with E-state index in [1.165, 1.54) is 6.07 Å². The van der Waals surface area contributed by atoms with Crippen molar-refractivity contribution in [2.45, 2.75) is 19.4 Å². The van der Waals surface area contributed by atoms with Crippen molar-refractivity contribution >= 4 is 11.8 Å². The lowest BCUT2D eigenvalue weighted by Crippen LogP contribution is -2.44. The van der Waals surface area contributed by atoms with Gasteiger partial charge in [0.05, 0.1) is 13.2 Å². The fourth-order valence-corrected chi connectivity index (χ4v) is 2.36. The number of pyridine rings is 1. The molecule has 1 aliphatic rings. The Labute approximate surface area is 124 Å². The van der Waals surface area contributed by atoms with Crippen LogP contribution < -0.4 is 15.5 Å². The summed E-state index contributed by atoms with van der Waals surface area (Å²) >= 11 is 0. The number of nitrogens with zero attached hydrogens (tertiary/aromatic N) is 3. The van der Waals surface area contributed by atoms with Gasteiger partial charge in [-0.3, -0.25) is 4.99 Å². The average Bonchev–Trinajstić information content (AvgIpc) is 2.94. The van der Waals surface area contributed by atoms with Crippen LogP contribution in [0.1, 0.15) is 13.3 Å². The number of hydrogen-bond acceptors (Lipinski definition) is 4. The van der Waals surface area contributed by atoms with E-state index in [-0.39, 0.29) is 18.5 Å². The van der Waals surface area contributed by atoms with Gasteiger partial charge in [-0.1, -0.05) is 0 Å². The van der Waals surface area contributed by atoms with E-state index in [2.05, 4.69) is 20.6 Å². The highest BCUT2D eigenvalue weighted by Crippen LogP contribution is 2.20. The zero-order chi connectivity index (χ0) is 15.1. The molecule has 2 rings (SSSR count). The van der Waals surface area contributed by atoms with Crippen molar-refractivity contribution in [3.8, 4) is 0 Å². The summed E-state index contributed by atoms with van der Waals surface area (Å²) in [6.07, 6.45) is 2.49. The Hall–Kier alpha value is -1.89. The Bertz CT molecular complexity index is 482. The van der Waals surface area contributed by atoms with Gasteiger partial charge in [0.1, 0.15) is 0 Å². The van der Waals surface area contributed by atoms with Gasteiger partial charge < -0.3 is 20.6 Å². The van der Waals surface area contributed by atoms with E-state index >= 15 is 0 Å². The molecule has 3 N–H and O–H groups in total. The average molecular weight is 295 g/mol. The fourth-order valence-electron chi connectivity index (χ4n) is 2.36. The lowest BCUT2D eigenvalue weighted by molar-refractivity contribution is 0.306. The van der Waals surface area contributed by atoms with E-state index < -0.39 is 0 Å². The third kappa shape index (κ3) is 4.29. The van der Waals surface area contributed by atoms with Crippen molar-refractivity contribution in [1.29, 1.82) is 0 Å². The zero-order valence-electron chi connectivity index (χ0n) is 12.2. The van der Waals surface area contributed by atoms with E-state index in [4.69, 9.17) is 5.11 Å². The highest BCUT2D eigenvalue weighted by molar-refractivity contribution is 5.80. The molecule has 0 amide bonds. The second-order valence-electron chi connectivity index (χ2n) is 4.87. The first-order chi connectivity index (χ1) is 10.2. The van der Waals surface area contributed by atoms with Crippen LogP contribution in [0.5, 0.6) is 0 Å². The van der Waals surface area contributed by atoms with Crippen LogP contribution in [0.4, 0.5) is 10.2 Å². The SMILES string of the molecule is CCNC(=NCCO)NC1CCN(c2ncccc2F)C1. The maximum atomic E-state index is 13.7. The van der Waals surface area contributed by atoms with Gasteiger partial charge in [-0.25, -0.2) is 9.37 Å². The number of hydrogen-bond donors (Lipinski definition) is 3. The molecule has 0 spiro atoms. The van der Waals surface area contributed by atoms with Crippen LogP contribution in [0.3, 0.4) is 0 Å². The molecule has 1 saturated heterocycles. The third-order valence-electron chi connectivity index (χ3n) is 3.28. The van der Waals surface area contributed by atoms with Gasteiger partial charge in [-0.05, 0) is 25.5 Å². The van der Waals surface area contributed by atoms with Crippen LogP contribution in [0.25, 0.3) is 0 Å². The van der Waals surface area contributed by atoms with Gasteiger partial charge in [-0.2, -0.15) is 0 Å². The molecule has 1 aromatic heterocycles. The zero-order valence-corrected chi connectivity index (χ0v) is 12.2. The predicted molar refractivity (Wildman–Crippen MR) is 81.0 cm³/mol. The maximum Gasteiger partial charge on any atom is 0.191 e. The Morgan fingerprint density at radius 3 is 3.19 bits per heavy atom. The number of anilines is 1. The molecule has 0 aliphatic carbocycles. The largest absolute Gasteiger partial charge is 0.394 e. The van der Waals surface area contributed by atoms with Gasteiger partial charge in [-0.15, -0.1) is 0 Å². The van der Waals surface area contributed by atoms with E-state index in [0.29, 0.717) is 24.9 Å². The van der Waals surface area contributed by atoms with Crippen molar-refractivity contribution in [3.63, 3.8) is 0 Å². The topological polar surface area (TPSA) is 72.8 Å². The van der Waals surface area contributed by atoms with Gasteiger partial charge in [0, 0.05) is 31.9 Å². The molecule has 116 valence electrons. The standard InChI is InChI=1S/C14H22FN5O/c1-2-16-14(18-7-9-21)19-11-5-8-20(10-11)13-12(15)4-3-6-17-13/h3-4,6,11,21H,2,5,7-10H2,1H3,(H2,16,18,19). The maximum absolute atomic E-state index is 13.7.